The second-order valence-electron chi connectivity index (χ2n) is 3.25. The number of rotatable bonds is 5. The van der Waals surface area contributed by atoms with E-state index in [1.165, 1.54) is 0 Å². The van der Waals surface area contributed by atoms with Crippen LogP contribution in [-0.4, -0.2) is 36.0 Å². The molecule has 14 heavy (non-hydrogen) atoms. The van der Waals surface area contributed by atoms with Gasteiger partial charge < -0.3 is 14.6 Å². The maximum atomic E-state index is 11.0. The number of alkyl halides is 1. The second kappa shape index (κ2) is 5.53. The van der Waals surface area contributed by atoms with E-state index in [2.05, 4.69) is 0 Å². The van der Waals surface area contributed by atoms with Crippen molar-refractivity contribution >= 4 is 17.6 Å². The standard InChI is InChI=1S/C9H15ClO4/c10-5-3-7-14-9(8(11)12)4-1-2-6-13-9/h1-7H2,(H,11,12). The molecule has 0 saturated carbocycles. The van der Waals surface area contributed by atoms with Crippen LogP contribution in [0.4, 0.5) is 0 Å². The van der Waals surface area contributed by atoms with Crippen LogP contribution in [0, 0.1) is 0 Å². The van der Waals surface area contributed by atoms with Crippen molar-refractivity contribution in [2.45, 2.75) is 31.5 Å². The van der Waals surface area contributed by atoms with E-state index in [0.717, 1.165) is 12.8 Å². The minimum Gasteiger partial charge on any atom is -0.477 e. The fraction of sp³-hybridized carbons (Fsp3) is 0.889. The van der Waals surface area contributed by atoms with E-state index in [1.54, 1.807) is 0 Å². The van der Waals surface area contributed by atoms with Gasteiger partial charge in [0.2, 0.25) is 0 Å². The van der Waals surface area contributed by atoms with Crippen molar-refractivity contribution in [3.8, 4) is 0 Å². The van der Waals surface area contributed by atoms with Gasteiger partial charge in [-0.15, -0.1) is 11.6 Å². The molecule has 4 nitrogen and oxygen atoms in total. The van der Waals surface area contributed by atoms with Crippen molar-refractivity contribution < 1.29 is 19.4 Å². The first kappa shape index (κ1) is 11.8. The summed E-state index contributed by atoms with van der Waals surface area (Å²) in [7, 11) is 0. The lowest BCUT2D eigenvalue weighted by Crippen LogP contribution is -2.47. The summed E-state index contributed by atoms with van der Waals surface area (Å²) in [6, 6.07) is 0. The third kappa shape index (κ3) is 2.83. The summed E-state index contributed by atoms with van der Waals surface area (Å²) in [5.41, 5.74) is 0. The molecule has 0 bridgehead atoms. The third-order valence-electron chi connectivity index (χ3n) is 2.17. The number of aliphatic carboxylic acids is 1. The van der Waals surface area contributed by atoms with Gasteiger partial charge in [0.25, 0.3) is 5.79 Å². The maximum Gasteiger partial charge on any atom is 0.364 e. The Morgan fingerprint density at radius 3 is 2.86 bits per heavy atom. The van der Waals surface area contributed by atoms with Gasteiger partial charge in [-0.2, -0.15) is 0 Å². The van der Waals surface area contributed by atoms with Crippen LogP contribution < -0.4 is 0 Å². The molecule has 1 N–H and O–H groups in total. The van der Waals surface area contributed by atoms with Gasteiger partial charge in [-0.3, -0.25) is 0 Å². The molecule has 1 fully saturated rings. The zero-order valence-electron chi connectivity index (χ0n) is 8.00. The smallest absolute Gasteiger partial charge is 0.364 e. The normalized spacial score (nSPS) is 27.5. The lowest BCUT2D eigenvalue weighted by molar-refractivity contribution is -0.257. The Kier molecular flexibility index (Phi) is 4.65. The Labute approximate surface area is 88.1 Å². The average molecular weight is 223 g/mol. The van der Waals surface area contributed by atoms with Crippen molar-refractivity contribution in [1.82, 2.24) is 0 Å². The van der Waals surface area contributed by atoms with Gasteiger partial charge in [0.1, 0.15) is 0 Å². The Morgan fingerprint density at radius 2 is 2.36 bits per heavy atom. The molecule has 0 radical (unpaired) electrons. The van der Waals surface area contributed by atoms with Crippen LogP contribution in [0.15, 0.2) is 0 Å². The predicted octanol–water partition coefficient (Wildman–Crippen LogP) is 1.61. The van der Waals surface area contributed by atoms with Crippen LogP contribution in [0.5, 0.6) is 0 Å². The maximum absolute atomic E-state index is 11.0. The Bertz CT molecular complexity index is 189. The number of halogens is 1. The Morgan fingerprint density at radius 1 is 1.57 bits per heavy atom. The first-order chi connectivity index (χ1) is 6.71. The lowest BCUT2D eigenvalue weighted by atomic mass is 10.1. The molecule has 1 aliphatic rings. The number of carbonyl (C=O) groups is 1. The van der Waals surface area contributed by atoms with E-state index >= 15 is 0 Å². The minimum atomic E-state index is -1.41. The molecule has 1 aliphatic heterocycles. The van der Waals surface area contributed by atoms with Crippen molar-refractivity contribution in [2.75, 3.05) is 19.1 Å². The van der Waals surface area contributed by atoms with Crippen LogP contribution >= 0.6 is 11.6 Å². The highest BCUT2D eigenvalue weighted by atomic mass is 35.5. The predicted molar refractivity (Wildman–Crippen MR) is 51.5 cm³/mol. The first-order valence-corrected chi connectivity index (χ1v) is 5.32. The van der Waals surface area contributed by atoms with E-state index in [4.69, 9.17) is 26.2 Å². The molecule has 0 aromatic heterocycles. The highest BCUT2D eigenvalue weighted by molar-refractivity contribution is 6.17. The van der Waals surface area contributed by atoms with E-state index in [-0.39, 0.29) is 0 Å². The Hall–Kier alpha value is -0.320. The quantitative estimate of drug-likeness (QED) is 0.567. The highest BCUT2D eigenvalue weighted by Gasteiger charge is 2.42. The zero-order valence-corrected chi connectivity index (χ0v) is 8.76. The van der Waals surface area contributed by atoms with Crippen molar-refractivity contribution in [3.05, 3.63) is 0 Å². The molecule has 1 heterocycles. The summed E-state index contributed by atoms with van der Waals surface area (Å²) in [4.78, 5) is 11.0. The highest BCUT2D eigenvalue weighted by Crippen LogP contribution is 2.26. The number of ether oxygens (including phenoxy) is 2. The fourth-order valence-corrected chi connectivity index (χ4v) is 1.51. The van der Waals surface area contributed by atoms with Crippen LogP contribution in [0.2, 0.25) is 0 Å². The van der Waals surface area contributed by atoms with Gasteiger partial charge in [-0.1, -0.05) is 0 Å². The molecule has 1 rings (SSSR count). The number of hydrogen-bond acceptors (Lipinski definition) is 3. The fourth-order valence-electron chi connectivity index (χ4n) is 1.40. The topological polar surface area (TPSA) is 55.8 Å². The van der Waals surface area contributed by atoms with Crippen LogP contribution in [0.3, 0.4) is 0 Å². The molecule has 1 saturated heterocycles. The van der Waals surface area contributed by atoms with E-state index < -0.39 is 11.8 Å². The van der Waals surface area contributed by atoms with Gasteiger partial charge >= 0.3 is 5.97 Å². The molecular formula is C9H15ClO4. The number of carboxylic acid groups (broad SMARTS) is 1. The molecular weight excluding hydrogens is 208 g/mol. The molecule has 0 aliphatic carbocycles. The van der Waals surface area contributed by atoms with Gasteiger partial charge in [-0.05, 0) is 19.3 Å². The van der Waals surface area contributed by atoms with Crippen molar-refractivity contribution in [2.24, 2.45) is 0 Å². The molecule has 0 aromatic carbocycles. The monoisotopic (exact) mass is 222 g/mol. The largest absolute Gasteiger partial charge is 0.477 e. The molecule has 82 valence electrons. The van der Waals surface area contributed by atoms with E-state index in [9.17, 15) is 4.79 Å². The lowest BCUT2D eigenvalue weighted by Gasteiger charge is -2.32. The van der Waals surface area contributed by atoms with Gasteiger partial charge in [0, 0.05) is 12.3 Å². The van der Waals surface area contributed by atoms with E-state index in [0.29, 0.717) is 31.9 Å². The average Bonchev–Trinajstić information content (AvgIpc) is 2.19. The van der Waals surface area contributed by atoms with Crippen LogP contribution in [0.1, 0.15) is 25.7 Å². The van der Waals surface area contributed by atoms with Crippen LogP contribution in [-0.2, 0) is 14.3 Å². The Balaban J connectivity index is 2.47. The summed E-state index contributed by atoms with van der Waals surface area (Å²) in [5.74, 6) is -1.98. The molecule has 1 unspecified atom stereocenters. The van der Waals surface area contributed by atoms with Gasteiger partial charge in [-0.25, -0.2) is 4.79 Å². The van der Waals surface area contributed by atoms with Gasteiger partial charge in [0.05, 0.1) is 13.2 Å². The molecule has 0 amide bonds. The SMILES string of the molecule is O=C(O)C1(OCCCCl)CCCCO1. The number of hydrogen-bond donors (Lipinski definition) is 1. The minimum absolute atomic E-state index is 0.329. The third-order valence-corrected chi connectivity index (χ3v) is 2.44. The zero-order chi connectivity index (χ0) is 10.4. The second-order valence-corrected chi connectivity index (χ2v) is 3.63. The summed E-state index contributed by atoms with van der Waals surface area (Å²) in [6.45, 7) is 0.781. The molecule has 1 atom stereocenters. The molecule has 0 spiro atoms. The molecule has 5 heteroatoms. The molecule has 0 aromatic rings. The summed E-state index contributed by atoms with van der Waals surface area (Å²) >= 11 is 5.48. The van der Waals surface area contributed by atoms with Crippen LogP contribution in [0.25, 0.3) is 0 Å². The van der Waals surface area contributed by atoms with Crippen molar-refractivity contribution in [3.63, 3.8) is 0 Å². The summed E-state index contributed by atoms with van der Waals surface area (Å²) in [5, 5.41) is 9.01. The van der Waals surface area contributed by atoms with Crippen molar-refractivity contribution in [1.29, 1.82) is 0 Å². The summed E-state index contributed by atoms with van der Waals surface area (Å²) < 4.78 is 10.5. The number of carboxylic acids is 1. The van der Waals surface area contributed by atoms with Gasteiger partial charge in [0.15, 0.2) is 0 Å². The summed E-state index contributed by atoms with van der Waals surface area (Å²) in [6.07, 6.45) is 2.78. The first-order valence-electron chi connectivity index (χ1n) is 4.78. The van der Waals surface area contributed by atoms with E-state index in [1.807, 2.05) is 0 Å².